The molecule has 0 aliphatic rings. The number of aliphatic imine (C=N–C) groups is 2. The first-order valence-corrected chi connectivity index (χ1v) is 24.1. The Bertz CT molecular complexity index is 2210. The molecule has 0 aromatic heterocycles. The summed E-state index contributed by atoms with van der Waals surface area (Å²) in [5.41, 5.74) is 8.57. The summed E-state index contributed by atoms with van der Waals surface area (Å²) >= 11 is -0.556. The first kappa shape index (κ1) is 48.3. The van der Waals surface area contributed by atoms with Crippen LogP contribution in [0.25, 0.3) is 0 Å². The van der Waals surface area contributed by atoms with E-state index in [4.69, 9.17) is 28.1 Å². The molecule has 6 rings (SSSR count). The molecule has 0 saturated heterocycles. The van der Waals surface area contributed by atoms with Crippen LogP contribution >= 0.6 is 18.6 Å². The third-order valence-corrected chi connectivity index (χ3v) is 10.0. The van der Waals surface area contributed by atoms with Crippen LogP contribution in [0.1, 0.15) is 72.2 Å². The van der Waals surface area contributed by atoms with Crippen molar-refractivity contribution >= 4 is 42.4 Å². The standard InChI is InChI=1S/2C26H27NO2.2ClH.Ti/c2*1-5-15-29-23-13-11-22(12-14-23)27-18-20-16-19(2)17-24(25(20)28)26(3,4)21-9-7-6-8-10-21;;;/h2*5-14,16-18,28H,1,15H2,2-4H3;2*1H;/q;;;;+2/p-2. The number of benzene rings is 6. The number of phenols is 2. The monoisotopic (exact) mass is 888 g/mol. The van der Waals surface area contributed by atoms with Gasteiger partial charge in [0.05, 0.1) is 11.4 Å². The molecule has 0 amide bonds. The van der Waals surface area contributed by atoms with E-state index >= 15 is 0 Å². The Morgan fingerprint density at radius 3 is 1.20 bits per heavy atom. The Hall–Kier alpha value is -5.37. The molecule has 6 nitrogen and oxygen atoms in total. The molecule has 0 aliphatic carbocycles. The number of aryl methyl sites for hydroxylation is 2. The number of rotatable bonds is 14. The van der Waals surface area contributed by atoms with Gasteiger partial charge < -0.3 is 19.7 Å². The fourth-order valence-electron chi connectivity index (χ4n) is 6.64. The van der Waals surface area contributed by atoms with Crippen LogP contribution in [-0.2, 0) is 27.9 Å². The van der Waals surface area contributed by atoms with Crippen LogP contribution in [0.4, 0.5) is 11.4 Å². The number of halogens is 2. The van der Waals surface area contributed by atoms with Gasteiger partial charge in [-0.3, -0.25) is 9.98 Å². The van der Waals surface area contributed by atoms with Crippen molar-refractivity contribution in [3.63, 3.8) is 0 Å². The van der Waals surface area contributed by atoms with Crippen LogP contribution in [-0.4, -0.2) is 35.9 Å². The molecular formula is C52H54Cl2N2O4Ti. The molecular weight excluding hydrogens is 835 g/mol. The van der Waals surface area contributed by atoms with Gasteiger partial charge in [-0.15, -0.1) is 0 Å². The van der Waals surface area contributed by atoms with Crippen molar-refractivity contribution in [2.75, 3.05) is 13.2 Å². The molecule has 2 N–H and O–H groups in total. The summed E-state index contributed by atoms with van der Waals surface area (Å²) in [4.78, 5) is 9.07. The molecule has 61 heavy (non-hydrogen) atoms. The minimum atomic E-state index is -0.556. The van der Waals surface area contributed by atoms with E-state index in [0.29, 0.717) is 24.3 Å². The number of phenolic OH excluding ortho intramolecular Hbond substituents is 2. The van der Waals surface area contributed by atoms with E-state index < -0.39 is 17.0 Å². The fourth-order valence-corrected chi connectivity index (χ4v) is 6.64. The van der Waals surface area contributed by atoms with E-state index in [-0.39, 0.29) is 22.3 Å². The topological polar surface area (TPSA) is 83.6 Å². The van der Waals surface area contributed by atoms with Gasteiger partial charge in [-0.2, -0.15) is 0 Å². The van der Waals surface area contributed by atoms with Gasteiger partial charge in [0.1, 0.15) is 36.2 Å². The molecule has 0 unspecified atom stereocenters. The van der Waals surface area contributed by atoms with E-state index in [2.05, 4.69) is 75.1 Å². The predicted molar refractivity (Wildman–Crippen MR) is 253 cm³/mol. The second-order valence-electron chi connectivity index (χ2n) is 15.3. The van der Waals surface area contributed by atoms with Crippen molar-refractivity contribution in [3.05, 3.63) is 203 Å². The van der Waals surface area contributed by atoms with Crippen molar-refractivity contribution in [1.82, 2.24) is 0 Å². The van der Waals surface area contributed by atoms with Gasteiger partial charge in [0, 0.05) is 45.5 Å². The Labute approximate surface area is 378 Å². The second-order valence-corrected chi connectivity index (χ2v) is 17.8. The third kappa shape index (κ3) is 13.8. The third-order valence-electron chi connectivity index (χ3n) is 10.0. The van der Waals surface area contributed by atoms with Gasteiger partial charge in [0.2, 0.25) is 0 Å². The van der Waals surface area contributed by atoms with Gasteiger partial charge in [-0.1, -0.05) is 126 Å². The van der Waals surface area contributed by atoms with E-state index in [1.807, 2.05) is 123 Å². The Kier molecular flexibility index (Phi) is 18.7. The van der Waals surface area contributed by atoms with Crippen molar-refractivity contribution in [2.24, 2.45) is 9.98 Å². The van der Waals surface area contributed by atoms with Gasteiger partial charge >= 0.3 is 35.6 Å². The molecule has 0 spiro atoms. The molecule has 0 atom stereocenters. The summed E-state index contributed by atoms with van der Waals surface area (Å²) < 4.78 is 11.0. The van der Waals surface area contributed by atoms with Crippen LogP contribution in [0.2, 0.25) is 0 Å². The summed E-state index contributed by atoms with van der Waals surface area (Å²) in [5.74, 6) is 2.07. The van der Waals surface area contributed by atoms with Crippen LogP contribution < -0.4 is 9.47 Å². The van der Waals surface area contributed by atoms with Crippen molar-refractivity contribution in [2.45, 2.75) is 52.4 Å². The number of hydrogen-bond acceptors (Lipinski definition) is 6. The van der Waals surface area contributed by atoms with E-state index in [1.54, 1.807) is 24.6 Å². The summed E-state index contributed by atoms with van der Waals surface area (Å²) in [6, 6.07) is 43.5. The molecule has 0 saturated carbocycles. The summed E-state index contributed by atoms with van der Waals surface area (Å²) in [7, 11) is 9.78. The van der Waals surface area contributed by atoms with Gasteiger partial charge in [-0.25, -0.2) is 0 Å². The van der Waals surface area contributed by atoms with Crippen LogP contribution in [0, 0.1) is 13.8 Å². The zero-order valence-corrected chi connectivity index (χ0v) is 38.8. The first-order chi connectivity index (χ1) is 29.2. The van der Waals surface area contributed by atoms with E-state index in [1.165, 1.54) is 0 Å². The Morgan fingerprint density at radius 2 is 0.885 bits per heavy atom. The normalized spacial score (nSPS) is 11.2. The molecule has 9 heteroatoms. The number of hydrogen-bond donors (Lipinski definition) is 2. The van der Waals surface area contributed by atoms with Crippen molar-refractivity contribution in [1.29, 1.82) is 0 Å². The average molecular weight is 890 g/mol. The Morgan fingerprint density at radius 1 is 0.557 bits per heavy atom. The van der Waals surface area contributed by atoms with Gasteiger partial charge in [0.15, 0.2) is 0 Å². The van der Waals surface area contributed by atoms with Gasteiger partial charge in [-0.05, 0) is 96.8 Å². The van der Waals surface area contributed by atoms with Crippen LogP contribution in [0.5, 0.6) is 23.0 Å². The molecule has 0 radical (unpaired) electrons. The fraction of sp³-hybridized carbons (Fsp3) is 0.192. The van der Waals surface area contributed by atoms with Crippen molar-refractivity contribution in [3.8, 4) is 23.0 Å². The summed E-state index contributed by atoms with van der Waals surface area (Å²) in [5, 5.41) is 22.0. The van der Waals surface area contributed by atoms with Crippen LogP contribution in [0.15, 0.2) is 169 Å². The number of aromatic hydroxyl groups is 2. The molecule has 314 valence electrons. The molecule has 0 aliphatic heterocycles. The minimum absolute atomic E-state index is 0.263. The summed E-state index contributed by atoms with van der Waals surface area (Å²) in [6.07, 6.45) is 6.85. The van der Waals surface area contributed by atoms with E-state index in [9.17, 15) is 10.2 Å². The number of ether oxygens (including phenoxy) is 2. The second kappa shape index (κ2) is 23.6. The quantitative estimate of drug-likeness (QED) is 0.0648. The first-order valence-electron chi connectivity index (χ1n) is 19.8. The zero-order valence-electron chi connectivity index (χ0n) is 35.7. The maximum atomic E-state index is 11.0. The SMILES string of the molecule is C=CCOc1ccc(N=Cc2cc(C)cc(C(C)(C)c3ccccc3)c2O)cc1.C=CCOc1ccc(N=Cc2cc(C)cc(C(C)(C)c3ccccc3)c2O)cc1.[Cl][Ti][Cl]. The average Bonchev–Trinajstić information content (AvgIpc) is 3.27. The molecule has 6 aromatic carbocycles. The van der Waals surface area contributed by atoms with Gasteiger partial charge in [0.25, 0.3) is 0 Å². The van der Waals surface area contributed by atoms with Crippen molar-refractivity contribution < 1.29 is 36.7 Å². The molecule has 0 heterocycles. The Balaban J connectivity index is 0.000000252. The zero-order chi connectivity index (χ0) is 44.4. The molecule has 6 aromatic rings. The van der Waals surface area contributed by atoms with E-state index in [0.717, 1.165) is 56.3 Å². The van der Waals surface area contributed by atoms with Crippen LogP contribution in [0.3, 0.4) is 0 Å². The summed E-state index contributed by atoms with van der Waals surface area (Å²) in [6.45, 7) is 20.8. The number of nitrogens with zero attached hydrogens (tertiary/aromatic N) is 2. The molecule has 0 fully saturated rings. The maximum absolute atomic E-state index is 11.0. The molecule has 0 bridgehead atoms. The predicted octanol–water partition coefficient (Wildman–Crippen LogP) is 14.1.